The van der Waals surface area contributed by atoms with Crippen LogP contribution in [0.4, 0.5) is 13.2 Å². The number of carbonyl (C=O) groups excluding carboxylic acids is 1. The Kier molecular flexibility index (Phi) is 7.62. The van der Waals surface area contributed by atoms with Crippen molar-refractivity contribution in [1.82, 2.24) is 0 Å². The van der Waals surface area contributed by atoms with Crippen molar-refractivity contribution < 1.29 is 22.7 Å². The van der Waals surface area contributed by atoms with Crippen molar-refractivity contribution in [3.8, 4) is 0 Å². The SMILES string of the molecule is CC(=O)OC(C)SCCCCCC(F)(F)F. The molecule has 6 heteroatoms. The summed E-state index contributed by atoms with van der Waals surface area (Å²) in [5.74, 6) is 0.379. The molecule has 16 heavy (non-hydrogen) atoms. The van der Waals surface area contributed by atoms with Crippen molar-refractivity contribution >= 4 is 17.7 Å². The molecule has 0 bridgehead atoms. The topological polar surface area (TPSA) is 26.3 Å². The summed E-state index contributed by atoms with van der Waals surface area (Å²) in [5.41, 5.74) is -0.222. The van der Waals surface area contributed by atoms with E-state index in [9.17, 15) is 18.0 Å². The number of unbranched alkanes of at least 4 members (excludes halogenated alkanes) is 2. The van der Waals surface area contributed by atoms with Crippen molar-refractivity contribution in [1.29, 1.82) is 0 Å². The molecular weight excluding hydrogens is 241 g/mol. The van der Waals surface area contributed by atoms with Gasteiger partial charge in [-0.3, -0.25) is 4.79 Å². The molecule has 0 radical (unpaired) electrons. The number of rotatable bonds is 7. The lowest BCUT2D eigenvalue weighted by Gasteiger charge is -2.11. The first-order valence-corrected chi connectivity index (χ1v) is 6.21. The largest absolute Gasteiger partial charge is 0.452 e. The Hall–Kier alpha value is -0.390. The van der Waals surface area contributed by atoms with E-state index in [0.29, 0.717) is 18.6 Å². The molecule has 1 unspecified atom stereocenters. The Bertz CT molecular complexity index is 207. The minimum atomic E-state index is -4.04. The number of ether oxygens (including phenoxy) is 1. The van der Waals surface area contributed by atoms with Gasteiger partial charge in [0.25, 0.3) is 0 Å². The molecule has 2 nitrogen and oxygen atoms in total. The van der Waals surface area contributed by atoms with E-state index >= 15 is 0 Å². The zero-order valence-electron chi connectivity index (χ0n) is 9.47. The Morgan fingerprint density at radius 1 is 1.31 bits per heavy atom. The summed E-state index contributed by atoms with van der Waals surface area (Å²) in [5, 5.41) is 0. The zero-order chi connectivity index (χ0) is 12.6. The van der Waals surface area contributed by atoms with Gasteiger partial charge in [0.2, 0.25) is 0 Å². The molecule has 0 N–H and O–H groups in total. The van der Waals surface area contributed by atoms with Gasteiger partial charge < -0.3 is 4.74 Å². The predicted molar refractivity (Wildman–Crippen MR) is 58.2 cm³/mol. The minimum Gasteiger partial charge on any atom is -0.452 e. The van der Waals surface area contributed by atoms with Crippen LogP contribution in [0.5, 0.6) is 0 Å². The lowest BCUT2D eigenvalue weighted by molar-refractivity contribution is -0.141. The third kappa shape index (κ3) is 11.7. The molecule has 0 amide bonds. The summed E-state index contributed by atoms with van der Waals surface area (Å²) in [6.07, 6.45) is -3.31. The van der Waals surface area contributed by atoms with Crippen LogP contribution in [0.3, 0.4) is 0 Å². The highest BCUT2D eigenvalue weighted by atomic mass is 32.2. The molecule has 0 aliphatic carbocycles. The highest BCUT2D eigenvalue weighted by Gasteiger charge is 2.25. The summed E-state index contributed by atoms with van der Waals surface area (Å²) in [6, 6.07) is 0. The smallest absolute Gasteiger partial charge is 0.389 e. The first-order valence-electron chi connectivity index (χ1n) is 5.17. The molecule has 0 spiro atoms. The third-order valence-electron chi connectivity index (χ3n) is 1.79. The van der Waals surface area contributed by atoms with Crippen LogP contribution < -0.4 is 0 Å². The van der Waals surface area contributed by atoms with Gasteiger partial charge in [-0.1, -0.05) is 6.42 Å². The van der Waals surface area contributed by atoms with Crippen molar-refractivity contribution in [3.63, 3.8) is 0 Å². The van der Waals surface area contributed by atoms with E-state index in [2.05, 4.69) is 0 Å². The number of esters is 1. The molecule has 0 saturated heterocycles. The maximum absolute atomic E-state index is 11.8. The molecule has 0 saturated carbocycles. The molecule has 0 aromatic carbocycles. The fraction of sp³-hybridized carbons (Fsp3) is 0.900. The first-order chi connectivity index (χ1) is 7.31. The molecule has 0 aliphatic rings. The van der Waals surface area contributed by atoms with Crippen molar-refractivity contribution in [2.75, 3.05) is 5.75 Å². The summed E-state index contributed by atoms with van der Waals surface area (Å²) in [7, 11) is 0. The lowest BCUT2D eigenvalue weighted by Crippen LogP contribution is -2.09. The normalized spacial score (nSPS) is 13.6. The van der Waals surface area contributed by atoms with Crippen LogP contribution >= 0.6 is 11.8 Å². The number of alkyl halides is 3. The van der Waals surface area contributed by atoms with Crippen LogP contribution in [0.1, 0.15) is 39.5 Å². The predicted octanol–water partition coefficient (Wildman–Crippen LogP) is 3.75. The molecule has 0 aromatic rings. The quantitative estimate of drug-likeness (QED) is 0.395. The van der Waals surface area contributed by atoms with E-state index < -0.39 is 12.6 Å². The third-order valence-corrected chi connectivity index (χ3v) is 2.88. The van der Waals surface area contributed by atoms with Gasteiger partial charge in [-0.25, -0.2) is 0 Å². The highest BCUT2D eigenvalue weighted by molar-refractivity contribution is 7.99. The Balaban J connectivity index is 3.30. The van der Waals surface area contributed by atoms with Gasteiger partial charge in [-0.05, 0) is 25.5 Å². The molecule has 1 atom stereocenters. The van der Waals surface area contributed by atoms with E-state index in [1.807, 2.05) is 0 Å². The molecule has 0 rings (SSSR count). The van der Waals surface area contributed by atoms with Gasteiger partial charge in [-0.15, -0.1) is 11.8 Å². The van der Waals surface area contributed by atoms with Crippen LogP contribution in [0.2, 0.25) is 0 Å². The number of hydrogen-bond acceptors (Lipinski definition) is 3. The Morgan fingerprint density at radius 3 is 2.44 bits per heavy atom. The average molecular weight is 258 g/mol. The molecule has 0 fully saturated rings. The van der Waals surface area contributed by atoms with Gasteiger partial charge in [0.1, 0.15) is 5.44 Å². The van der Waals surface area contributed by atoms with E-state index in [4.69, 9.17) is 4.74 Å². The highest BCUT2D eigenvalue weighted by Crippen LogP contribution is 2.23. The fourth-order valence-electron chi connectivity index (χ4n) is 1.12. The van der Waals surface area contributed by atoms with Crippen molar-refractivity contribution in [2.24, 2.45) is 0 Å². The first kappa shape index (κ1) is 15.6. The van der Waals surface area contributed by atoms with Crippen molar-refractivity contribution in [2.45, 2.75) is 51.1 Å². The standard InChI is InChI=1S/C10H17F3O2S/c1-8(14)15-9(2)16-7-5-3-4-6-10(11,12)13/h9H,3-7H2,1-2H3. The second-order valence-corrected chi connectivity index (χ2v) is 4.88. The van der Waals surface area contributed by atoms with Crippen LogP contribution in [0.15, 0.2) is 0 Å². The van der Waals surface area contributed by atoms with Crippen LogP contribution in [0.25, 0.3) is 0 Å². The average Bonchev–Trinajstić information content (AvgIpc) is 2.07. The number of hydrogen-bond donors (Lipinski definition) is 0. The van der Waals surface area contributed by atoms with Gasteiger partial charge in [0.15, 0.2) is 0 Å². The van der Waals surface area contributed by atoms with Crippen LogP contribution in [-0.4, -0.2) is 23.3 Å². The molecule has 0 heterocycles. The maximum atomic E-state index is 11.8. The number of thioether (sulfide) groups is 1. The monoisotopic (exact) mass is 258 g/mol. The van der Waals surface area contributed by atoms with Crippen molar-refractivity contribution in [3.05, 3.63) is 0 Å². The minimum absolute atomic E-state index is 0.173. The van der Waals surface area contributed by atoms with E-state index in [1.54, 1.807) is 6.92 Å². The van der Waals surface area contributed by atoms with Crippen LogP contribution in [-0.2, 0) is 9.53 Å². The zero-order valence-corrected chi connectivity index (χ0v) is 10.3. The Labute approximate surface area is 97.9 Å². The van der Waals surface area contributed by atoms with Gasteiger partial charge >= 0.3 is 12.1 Å². The molecule has 96 valence electrons. The van der Waals surface area contributed by atoms with Crippen LogP contribution in [0, 0.1) is 0 Å². The number of carbonyl (C=O) groups is 1. The second kappa shape index (κ2) is 7.81. The van der Waals surface area contributed by atoms with E-state index in [0.717, 1.165) is 0 Å². The van der Waals surface area contributed by atoms with Gasteiger partial charge in [-0.2, -0.15) is 13.2 Å². The van der Waals surface area contributed by atoms with Gasteiger partial charge in [0.05, 0.1) is 0 Å². The maximum Gasteiger partial charge on any atom is 0.389 e. The fourth-order valence-corrected chi connectivity index (χ4v) is 2.03. The number of halogens is 3. The Morgan fingerprint density at radius 2 is 1.94 bits per heavy atom. The lowest BCUT2D eigenvalue weighted by atomic mass is 10.2. The van der Waals surface area contributed by atoms with Gasteiger partial charge in [0, 0.05) is 13.3 Å². The summed E-state index contributed by atoms with van der Waals surface area (Å²) < 4.78 is 40.2. The summed E-state index contributed by atoms with van der Waals surface area (Å²) in [4.78, 5) is 10.5. The molecular formula is C10H17F3O2S. The van der Waals surface area contributed by atoms with E-state index in [1.165, 1.54) is 18.7 Å². The van der Waals surface area contributed by atoms with E-state index in [-0.39, 0.29) is 17.8 Å². The molecule has 0 aromatic heterocycles. The second-order valence-electron chi connectivity index (χ2n) is 3.47. The molecule has 0 aliphatic heterocycles. The summed E-state index contributed by atoms with van der Waals surface area (Å²) >= 11 is 1.44. The summed E-state index contributed by atoms with van der Waals surface area (Å²) in [6.45, 7) is 3.09.